The molecule has 3 heteroatoms. The predicted octanol–water partition coefficient (Wildman–Crippen LogP) is 4.42. The summed E-state index contributed by atoms with van der Waals surface area (Å²) in [6, 6.07) is 8.53. The van der Waals surface area contributed by atoms with Crippen molar-refractivity contribution in [3.63, 3.8) is 0 Å². The summed E-state index contributed by atoms with van der Waals surface area (Å²) in [6.45, 7) is 6.54. The quantitative estimate of drug-likeness (QED) is 0.853. The Kier molecular flexibility index (Phi) is 4.69. The van der Waals surface area contributed by atoms with E-state index >= 15 is 0 Å². The lowest BCUT2D eigenvalue weighted by Crippen LogP contribution is -2.38. The Balaban J connectivity index is 2.05. The molecule has 1 amide bonds. The van der Waals surface area contributed by atoms with E-state index in [1.807, 2.05) is 25.1 Å². The highest BCUT2D eigenvalue weighted by Crippen LogP contribution is 2.37. The number of nitrogens with one attached hydrogen (secondary N) is 2. The molecule has 0 saturated heterocycles. The molecule has 0 heterocycles. The molecule has 1 aromatic carbocycles. The van der Waals surface area contributed by atoms with Crippen molar-refractivity contribution in [1.29, 1.82) is 0 Å². The van der Waals surface area contributed by atoms with E-state index in [0.717, 1.165) is 11.4 Å². The Morgan fingerprint density at radius 3 is 2.75 bits per heavy atom. The monoisotopic (exact) mass is 274 g/mol. The third kappa shape index (κ3) is 3.75. The van der Waals surface area contributed by atoms with E-state index in [4.69, 9.17) is 0 Å². The van der Waals surface area contributed by atoms with Crippen molar-refractivity contribution >= 4 is 17.3 Å². The first-order chi connectivity index (χ1) is 9.51. The third-order valence-corrected chi connectivity index (χ3v) is 4.32. The van der Waals surface area contributed by atoms with Crippen LogP contribution in [0.15, 0.2) is 24.3 Å². The van der Waals surface area contributed by atoms with Gasteiger partial charge in [0.25, 0.3) is 0 Å². The lowest BCUT2D eigenvalue weighted by atomic mass is 9.73. The van der Waals surface area contributed by atoms with Crippen LogP contribution in [0.25, 0.3) is 0 Å². The fourth-order valence-corrected chi connectivity index (χ4v) is 2.90. The van der Waals surface area contributed by atoms with Crippen molar-refractivity contribution in [3.8, 4) is 0 Å². The number of anilines is 2. The molecule has 0 radical (unpaired) electrons. The van der Waals surface area contributed by atoms with Crippen LogP contribution < -0.4 is 10.6 Å². The molecule has 0 aliphatic heterocycles. The summed E-state index contributed by atoms with van der Waals surface area (Å²) in [5.74, 6) is 0.0557. The number of rotatable bonds is 4. The molecule has 1 fully saturated rings. The summed E-state index contributed by atoms with van der Waals surface area (Å²) >= 11 is 0. The Morgan fingerprint density at radius 1 is 1.30 bits per heavy atom. The molecular weight excluding hydrogens is 248 g/mol. The lowest BCUT2D eigenvalue weighted by Gasteiger charge is -2.39. The Labute approximate surface area is 122 Å². The molecule has 0 bridgehead atoms. The topological polar surface area (TPSA) is 41.1 Å². The molecule has 1 saturated carbocycles. The Bertz CT molecular complexity index is 468. The van der Waals surface area contributed by atoms with Gasteiger partial charge in [0, 0.05) is 23.8 Å². The molecule has 1 unspecified atom stereocenters. The molecule has 1 aromatic rings. The Morgan fingerprint density at radius 2 is 2.05 bits per heavy atom. The van der Waals surface area contributed by atoms with Crippen molar-refractivity contribution in [1.82, 2.24) is 0 Å². The first-order valence-electron chi connectivity index (χ1n) is 7.68. The average Bonchev–Trinajstić information content (AvgIpc) is 2.41. The largest absolute Gasteiger partial charge is 0.382 e. The third-order valence-electron chi connectivity index (χ3n) is 4.32. The van der Waals surface area contributed by atoms with Gasteiger partial charge in [-0.25, -0.2) is 0 Å². The number of carbonyl (C=O) groups is 1. The van der Waals surface area contributed by atoms with Crippen molar-refractivity contribution in [3.05, 3.63) is 24.3 Å². The zero-order valence-electron chi connectivity index (χ0n) is 12.8. The molecule has 3 nitrogen and oxygen atoms in total. The summed E-state index contributed by atoms with van der Waals surface area (Å²) in [6.07, 6.45) is 5.63. The van der Waals surface area contributed by atoms with Gasteiger partial charge in [0.1, 0.15) is 0 Å². The standard InChI is InChI=1S/C17H26N2O/c1-4-16(20)19-14-9-7-8-13(12-14)18-15-10-5-6-11-17(15,2)3/h7-9,12,15,18H,4-6,10-11H2,1-3H3,(H,19,20). The van der Waals surface area contributed by atoms with Crippen LogP contribution in [0.5, 0.6) is 0 Å². The zero-order chi connectivity index (χ0) is 14.6. The predicted molar refractivity (Wildman–Crippen MR) is 85.0 cm³/mol. The molecule has 1 aliphatic rings. The van der Waals surface area contributed by atoms with Crippen LogP contribution in [-0.2, 0) is 4.79 Å². The highest BCUT2D eigenvalue weighted by atomic mass is 16.1. The maximum atomic E-state index is 11.5. The van der Waals surface area contributed by atoms with E-state index in [1.165, 1.54) is 25.7 Å². The van der Waals surface area contributed by atoms with E-state index in [1.54, 1.807) is 0 Å². The van der Waals surface area contributed by atoms with E-state index in [-0.39, 0.29) is 5.91 Å². The van der Waals surface area contributed by atoms with Crippen LogP contribution >= 0.6 is 0 Å². The normalized spacial score (nSPS) is 21.2. The second-order valence-corrected chi connectivity index (χ2v) is 6.41. The molecule has 0 spiro atoms. The summed E-state index contributed by atoms with van der Waals surface area (Å²) in [4.78, 5) is 11.5. The Hall–Kier alpha value is -1.51. The van der Waals surface area contributed by atoms with Crippen molar-refractivity contribution < 1.29 is 4.79 Å². The van der Waals surface area contributed by atoms with Gasteiger partial charge in [-0.05, 0) is 36.5 Å². The summed E-state index contributed by atoms with van der Waals surface area (Å²) in [5.41, 5.74) is 2.30. The summed E-state index contributed by atoms with van der Waals surface area (Å²) in [5, 5.41) is 6.56. The SMILES string of the molecule is CCC(=O)Nc1cccc(NC2CCCCC2(C)C)c1. The van der Waals surface area contributed by atoms with Crippen LogP contribution in [0.4, 0.5) is 11.4 Å². The molecule has 110 valence electrons. The number of hydrogen-bond acceptors (Lipinski definition) is 2. The van der Waals surface area contributed by atoms with Gasteiger partial charge in [-0.15, -0.1) is 0 Å². The van der Waals surface area contributed by atoms with E-state index in [2.05, 4.69) is 30.5 Å². The molecule has 2 rings (SSSR count). The van der Waals surface area contributed by atoms with Gasteiger partial charge in [-0.2, -0.15) is 0 Å². The van der Waals surface area contributed by atoms with Crippen molar-refractivity contribution in [2.75, 3.05) is 10.6 Å². The highest BCUT2D eigenvalue weighted by Gasteiger charge is 2.31. The van der Waals surface area contributed by atoms with E-state index < -0.39 is 0 Å². The van der Waals surface area contributed by atoms with Crippen LogP contribution in [0.1, 0.15) is 52.9 Å². The summed E-state index contributed by atoms with van der Waals surface area (Å²) < 4.78 is 0. The van der Waals surface area contributed by atoms with Crippen molar-refractivity contribution in [2.45, 2.75) is 58.9 Å². The second-order valence-electron chi connectivity index (χ2n) is 6.41. The van der Waals surface area contributed by atoms with Gasteiger partial charge in [0.05, 0.1) is 0 Å². The van der Waals surface area contributed by atoms with Gasteiger partial charge in [-0.1, -0.05) is 39.7 Å². The lowest BCUT2D eigenvalue weighted by molar-refractivity contribution is -0.115. The van der Waals surface area contributed by atoms with Crippen molar-refractivity contribution in [2.24, 2.45) is 5.41 Å². The zero-order valence-corrected chi connectivity index (χ0v) is 12.8. The molecule has 2 N–H and O–H groups in total. The molecule has 1 atom stereocenters. The smallest absolute Gasteiger partial charge is 0.224 e. The van der Waals surface area contributed by atoms with Crippen LogP contribution in [0.2, 0.25) is 0 Å². The number of amides is 1. The van der Waals surface area contributed by atoms with Crippen LogP contribution in [0, 0.1) is 5.41 Å². The summed E-state index contributed by atoms with van der Waals surface area (Å²) in [7, 11) is 0. The fraction of sp³-hybridized carbons (Fsp3) is 0.588. The molecule has 0 aromatic heterocycles. The van der Waals surface area contributed by atoms with Gasteiger partial charge in [0.15, 0.2) is 0 Å². The maximum absolute atomic E-state index is 11.5. The second kappa shape index (κ2) is 6.29. The molecule has 20 heavy (non-hydrogen) atoms. The van der Waals surface area contributed by atoms with Gasteiger partial charge >= 0.3 is 0 Å². The van der Waals surface area contributed by atoms with Gasteiger partial charge in [0.2, 0.25) is 5.91 Å². The highest BCUT2D eigenvalue weighted by molar-refractivity contribution is 5.90. The fourth-order valence-electron chi connectivity index (χ4n) is 2.90. The molecule has 1 aliphatic carbocycles. The average molecular weight is 274 g/mol. The van der Waals surface area contributed by atoms with E-state index in [9.17, 15) is 4.79 Å². The number of hydrogen-bond donors (Lipinski definition) is 2. The van der Waals surface area contributed by atoms with Crippen LogP contribution in [-0.4, -0.2) is 11.9 Å². The number of benzene rings is 1. The van der Waals surface area contributed by atoms with Gasteiger partial charge in [-0.3, -0.25) is 4.79 Å². The minimum absolute atomic E-state index is 0.0557. The first kappa shape index (κ1) is 14.9. The minimum Gasteiger partial charge on any atom is -0.382 e. The van der Waals surface area contributed by atoms with E-state index in [0.29, 0.717) is 17.9 Å². The van der Waals surface area contributed by atoms with Crippen LogP contribution in [0.3, 0.4) is 0 Å². The molecular formula is C17H26N2O. The maximum Gasteiger partial charge on any atom is 0.224 e. The minimum atomic E-state index is 0.0557. The number of carbonyl (C=O) groups excluding carboxylic acids is 1. The van der Waals surface area contributed by atoms with Gasteiger partial charge < -0.3 is 10.6 Å². The first-order valence-corrected chi connectivity index (χ1v) is 7.68.